The molecule has 0 radical (unpaired) electrons. The summed E-state index contributed by atoms with van der Waals surface area (Å²) in [5.74, 6) is 0.477. The zero-order chi connectivity index (χ0) is 13.2. The lowest BCUT2D eigenvalue weighted by atomic mass is 10.2. The van der Waals surface area contributed by atoms with Crippen molar-refractivity contribution in [3.63, 3.8) is 0 Å². The number of nitrogens with two attached hydrogens (primary N) is 1. The number of methoxy groups -OCH3 is 1. The quantitative estimate of drug-likeness (QED) is 0.332. The van der Waals surface area contributed by atoms with Crippen molar-refractivity contribution >= 4 is 35.6 Å². The largest absolute Gasteiger partial charge is 0.385 e. The van der Waals surface area contributed by atoms with E-state index in [2.05, 4.69) is 17.2 Å². The highest BCUT2D eigenvalue weighted by atomic mass is 127. The first-order valence-corrected chi connectivity index (χ1v) is 6.35. The zero-order valence-corrected chi connectivity index (χ0v) is 14.0. The first kappa shape index (κ1) is 18.2. The molecule has 0 saturated carbocycles. The van der Waals surface area contributed by atoms with E-state index in [1.165, 1.54) is 5.56 Å². The van der Waals surface area contributed by atoms with E-state index >= 15 is 0 Å². The lowest BCUT2D eigenvalue weighted by molar-refractivity contribution is 0.192. The van der Waals surface area contributed by atoms with E-state index in [0.717, 1.165) is 38.1 Å². The fourth-order valence-corrected chi connectivity index (χ4v) is 1.56. The fraction of sp³-hybridized carbons (Fsp3) is 0.500. The molecular formula is C14H24IN3O. The Kier molecular flexibility index (Phi) is 10.6. The molecule has 4 nitrogen and oxygen atoms in total. The minimum atomic E-state index is 0. The average molecular weight is 377 g/mol. The predicted molar refractivity (Wildman–Crippen MR) is 92.4 cm³/mol. The lowest BCUT2D eigenvalue weighted by Crippen LogP contribution is -2.22. The number of benzene rings is 1. The van der Waals surface area contributed by atoms with Gasteiger partial charge in [0.05, 0.1) is 0 Å². The highest BCUT2D eigenvalue weighted by Crippen LogP contribution is 2.07. The molecule has 0 saturated heterocycles. The second-order valence-electron chi connectivity index (χ2n) is 4.31. The van der Waals surface area contributed by atoms with E-state index in [1.54, 1.807) is 7.11 Å². The van der Waals surface area contributed by atoms with Crippen molar-refractivity contribution in [2.75, 3.05) is 25.6 Å². The van der Waals surface area contributed by atoms with Crippen molar-refractivity contribution in [2.24, 2.45) is 10.7 Å². The molecule has 108 valence electrons. The molecule has 0 atom stereocenters. The molecule has 0 spiro atoms. The van der Waals surface area contributed by atoms with Crippen LogP contribution in [0, 0.1) is 6.92 Å². The van der Waals surface area contributed by atoms with Crippen molar-refractivity contribution in [3.05, 3.63) is 29.8 Å². The van der Waals surface area contributed by atoms with Crippen LogP contribution in [-0.2, 0) is 4.74 Å². The molecule has 0 unspecified atom stereocenters. The van der Waals surface area contributed by atoms with Crippen molar-refractivity contribution in [1.29, 1.82) is 0 Å². The smallest absolute Gasteiger partial charge is 0.193 e. The third-order valence-electron chi connectivity index (χ3n) is 2.61. The van der Waals surface area contributed by atoms with E-state index in [0.29, 0.717) is 5.96 Å². The molecule has 0 heterocycles. The van der Waals surface area contributed by atoms with Gasteiger partial charge in [0.1, 0.15) is 0 Å². The normalized spacial score (nSPS) is 10.9. The number of aliphatic imine (C=N–C) groups is 1. The third kappa shape index (κ3) is 8.83. The number of rotatable bonds is 7. The Labute approximate surface area is 132 Å². The third-order valence-corrected chi connectivity index (χ3v) is 2.61. The summed E-state index contributed by atoms with van der Waals surface area (Å²) in [5.41, 5.74) is 8.00. The Hall–Kier alpha value is -0.820. The van der Waals surface area contributed by atoms with Gasteiger partial charge in [0, 0.05) is 25.9 Å². The number of ether oxygens (including phenoxy) is 1. The number of unbranched alkanes of at least 4 members (excludes halogenated alkanes) is 2. The van der Waals surface area contributed by atoms with Crippen LogP contribution in [0.3, 0.4) is 0 Å². The van der Waals surface area contributed by atoms with Gasteiger partial charge in [-0.1, -0.05) is 17.7 Å². The van der Waals surface area contributed by atoms with Crippen LogP contribution in [0.5, 0.6) is 0 Å². The molecule has 5 heteroatoms. The van der Waals surface area contributed by atoms with Gasteiger partial charge in [-0.15, -0.1) is 24.0 Å². The molecule has 0 aliphatic carbocycles. The van der Waals surface area contributed by atoms with E-state index in [9.17, 15) is 0 Å². The number of nitrogens with zero attached hydrogens (tertiary/aromatic N) is 1. The predicted octanol–water partition coefficient (Wildman–Crippen LogP) is 3.16. The van der Waals surface area contributed by atoms with Gasteiger partial charge in [-0.3, -0.25) is 4.99 Å². The first-order valence-electron chi connectivity index (χ1n) is 6.35. The van der Waals surface area contributed by atoms with Gasteiger partial charge in [0.2, 0.25) is 0 Å². The summed E-state index contributed by atoms with van der Waals surface area (Å²) >= 11 is 0. The minimum Gasteiger partial charge on any atom is -0.385 e. The maximum atomic E-state index is 5.80. The van der Waals surface area contributed by atoms with Gasteiger partial charge in [-0.25, -0.2) is 0 Å². The Morgan fingerprint density at radius 1 is 1.21 bits per heavy atom. The number of hydrogen-bond donors (Lipinski definition) is 2. The van der Waals surface area contributed by atoms with Crippen LogP contribution < -0.4 is 11.1 Å². The Balaban J connectivity index is 0.00000324. The van der Waals surface area contributed by atoms with Crippen molar-refractivity contribution in [3.8, 4) is 0 Å². The summed E-state index contributed by atoms with van der Waals surface area (Å²) in [5, 5.41) is 3.07. The number of anilines is 1. The molecule has 0 aliphatic heterocycles. The van der Waals surface area contributed by atoms with E-state index < -0.39 is 0 Å². The summed E-state index contributed by atoms with van der Waals surface area (Å²) in [4.78, 5) is 4.28. The molecule has 1 aromatic carbocycles. The summed E-state index contributed by atoms with van der Waals surface area (Å²) in [6, 6.07) is 8.08. The second kappa shape index (κ2) is 11.0. The number of guanidine groups is 1. The molecule has 19 heavy (non-hydrogen) atoms. The number of hydrogen-bond acceptors (Lipinski definition) is 2. The highest BCUT2D eigenvalue weighted by molar-refractivity contribution is 14.0. The van der Waals surface area contributed by atoms with Crippen molar-refractivity contribution < 1.29 is 4.74 Å². The van der Waals surface area contributed by atoms with Crippen LogP contribution in [0.15, 0.2) is 29.3 Å². The van der Waals surface area contributed by atoms with Crippen LogP contribution in [0.4, 0.5) is 5.69 Å². The van der Waals surface area contributed by atoms with Crippen LogP contribution in [0.25, 0.3) is 0 Å². The van der Waals surface area contributed by atoms with Crippen molar-refractivity contribution in [2.45, 2.75) is 26.2 Å². The lowest BCUT2D eigenvalue weighted by Gasteiger charge is -2.05. The van der Waals surface area contributed by atoms with Gasteiger partial charge in [-0.2, -0.15) is 0 Å². The Morgan fingerprint density at radius 2 is 1.89 bits per heavy atom. The molecule has 0 amide bonds. The summed E-state index contributed by atoms with van der Waals surface area (Å²) in [6.45, 7) is 3.64. The molecule has 0 aromatic heterocycles. The molecule has 0 fully saturated rings. The molecule has 0 bridgehead atoms. The molecule has 3 N–H and O–H groups in total. The summed E-state index contributed by atoms with van der Waals surface area (Å²) < 4.78 is 4.99. The van der Waals surface area contributed by atoms with Crippen molar-refractivity contribution in [1.82, 2.24) is 0 Å². The van der Waals surface area contributed by atoms with E-state index in [-0.39, 0.29) is 24.0 Å². The average Bonchev–Trinajstić information content (AvgIpc) is 2.36. The minimum absolute atomic E-state index is 0. The zero-order valence-electron chi connectivity index (χ0n) is 11.7. The maximum absolute atomic E-state index is 5.80. The molecule has 1 rings (SSSR count). The summed E-state index contributed by atoms with van der Waals surface area (Å²) in [6.07, 6.45) is 3.24. The van der Waals surface area contributed by atoms with Gasteiger partial charge in [0.15, 0.2) is 5.96 Å². The fourth-order valence-electron chi connectivity index (χ4n) is 1.56. The summed E-state index contributed by atoms with van der Waals surface area (Å²) in [7, 11) is 1.72. The van der Waals surface area contributed by atoms with Crippen LogP contribution in [0.2, 0.25) is 0 Å². The van der Waals surface area contributed by atoms with Gasteiger partial charge in [0.25, 0.3) is 0 Å². The molecular weight excluding hydrogens is 353 g/mol. The number of aryl methyl sites for hydroxylation is 1. The Morgan fingerprint density at radius 3 is 2.53 bits per heavy atom. The van der Waals surface area contributed by atoms with Gasteiger partial charge in [-0.05, 0) is 38.3 Å². The second-order valence-corrected chi connectivity index (χ2v) is 4.31. The standard InChI is InChI=1S/C14H23N3O.HI/c1-12-6-8-13(9-7-12)17-14(15)16-10-4-3-5-11-18-2;/h6-9H,3-5,10-11H2,1-2H3,(H3,15,16,17);1H. The SMILES string of the molecule is COCCCCCN=C(N)Nc1ccc(C)cc1.I. The number of nitrogens with one attached hydrogen (secondary N) is 1. The van der Waals surface area contributed by atoms with Crippen LogP contribution >= 0.6 is 24.0 Å². The van der Waals surface area contributed by atoms with E-state index in [4.69, 9.17) is 10.5 Å². The van der Waals surface area contributed by atoms with E-state index in [1.807, 2.05) is 24.3 Å². The van der Waals surface area contributed by atoms with Crippen LogP contribution in [0.1, 0.15) is 24.8 Å². The Bertz CT molecular complexity index is 365. The highest BCUT2D eigenvalue weighted by Gasteiger charge is 1.94. The molecule has 0 aliphatic rings. The molecule has 1 aromatic rings. The topological polar surface area (TPSA) is 59.6 Å². The number of halogens is 1. The van der Waals surface area contributed by atoms with Gasteiger partial charge < -0.3 is 15.8 Å². The monoisotopic (exact) mass is 377 g/mol. The maximum Gasteiger partial charge on any atom is 0.193 e. The van der Waals surface area contributed by atoms with Crippen LogP contribution in [-0.4, -0.2) is 26.2 Å². The van der Waals surface area contributed by atoms with Gasteiger partial charge >= 0.3 is 0 Å². The first-order chi connectivity index (χ1) is 8.72.